The van der Waals surface area contributed by atoms with Crippen molar-refractivity contribution in [2.45, 2.75) is 19.6 Å². The van der Waals surface area contributed by atoms with Gasteiger partial charge < -0.3 is 19.5 Å². The zero-order valence-corrected chi connectivity index (χ0v) is 14.8. The van der Waals surface area contributed by atoms with E-state index in [-0.39, 0.29) is 5.78 Å². The van der Waals surface area contributed by atoms with E-state index < -0.39 is 5.72 Å². The number of benzene rings is 2. The highest BCUT2D eigenvalue weighted by Gasteiger charge is 2.30. The van der Waals surface area contributed by atoms with Gasteiger partial charge in [-0.15, -0.1) is 0 Å². The smallest absolute Gasteiger partial charge is 0.191 e. The van der Waals surface area contributed by atoms with Gasteiger partial charge in [0.05, 0.1) is 25.5 Å². The van der Waals surface area contributed by atoms with Gasteiger partial charge in [0.1, 0.15) is 17.2 Å². The summed E-state index contributed by atoms with van der Waals surface area (Å²) in [6.07, 6.45) is 1.57. The molecule has 2 aromatic carbocycles. The average Bonchev–Trinajstić information content (AvgIpc) is 2.60. The molecule has 0 saturated heterocycles. The summed E-state index contributed by atoms with van der Waals surface area (Å²) in [4.78, 5) is 12.8. The largest absolute Gasteiger partial charge is 0.497 e. The Kier molecular flexibility index (Phi) is 4.40. The van der Waals surface area contributed by atoms with E-state index in [0.29, 0.717) is 28.5 Å². The lowest BCUT2D eigenvalue weighted by Gasteiger charge is -2.36. The molecule has 0 bridgehead atoms. The number of fused-ring (bicyclic) bond motifs is 1. The van der Waals surface area contributed by atoms with Crippen LogP contribution in [0.4, 0.5) is 0 Å². The van der Waals surface area contributed by atoms with Crippen molar-refractivity contribution in [1.29, 1.82) is 0 Å². The molecule has 0 radical (unpaired) electrons. The van der Waals surface area contributed by atoms with Gasteiger partial charge in [-0.05, 0) is 44.2 Å². The first kappa shape index (κ1) is 16.9. The van der Waals surface area contributed by atoms with E-state index in [1.54, 1.807) is 32.4 Å². The molecule has 1 aliphatic rings. The Morgan fingerprint density at radius 1 is 1.12 bits per heavy atom. The normalized spacial score (nSPS) is 16.4. The predicted molar refractivity (Wildman–Crippen MR) is 96.1 cm³/mol. The maximum absolute atomic E-state index is 12.8. The first-order chi connectivity index (χ1) is 11.9. The fraction of sp³-hybridized carbons (Fsp3) is 0.250. The molecule has 0 spiro atoms. The number of allylic oxidation sites excluding steroid dienone is 1. The van der Waals surface area contributed by atoms with Crippen LogP contribution in [0.1, 0.15) is 29.8 Å². The summed E-state index contributed by atoms with van der Waals surface area (Å²) < 4.78 is 16.5. The minimum Gasteiger partial charge on any atom is -0.497 e. The maximum Gasteiger partial charge on any atom is 0.191 e. The van der Waals surface area contributed by atoms with Crippen molar-refractivity contribution in [1.82, 2.24) is 5.32 Å². The van der Waals surface area contributed by atoms with Gasteiger partial charge >= 0.3 is 0 Å². The van der Waals surface area contributed by atoms with Crippen LogP contribution in [-0.4, -0.2) is 25.7 Å². The van der Waals surface area contributed by atoms with Crippen LogP contribution in [0.15, 0.2) is 48.5 Å². The summed E-state index contributed by atoms with van der Waals surface area (Å²) in [6.45, 7) is 3.81. The second-order valence-electron chi connectivity index (χ2n) is 6.22. The molecule has 130 valence electrons. The summed E-state index contributed by atoms with van der Waals surface area (Å²) in [5.41, 5.74) is 1.34. The molecule has 1 N–H and O–H groups in total. The SMILES string of the molecule is COc1ccc2c(c1)/C(=C/C(=O)c1ccccc1OC)NC(C)(C)O2. The third kappa shape index (κ3) is 3.45. The number of para-hydroxylation sites is 1. The van der Waals surface area contributed by atoms with Gasteiger partial charge in [-0.2, -0.15) is 0 Å². The number of ether oxygens (including phenoxy) is 3. The lowest BCUT2D eigenvalue weighted by molar-refractivity contribution is 0.0815. The lowest BCUT2D eigenvalue weighted by Crippen LogP contribution is -2.46. The van der Waals surface area contributed by atoms with Crippen LogP contribution in [0.25, 0.3) is 5.70 Å². The second kappa shape index (κ2) is 6.51. The zero-order chi connectivity index (χ0) is 18.0. The van der Waals surface area contributed by atoms with E-state index in [1.807, 2.05) is 44.2 Å². The number of carbonyl (C=O) groups is 1. The Morgan fingerprint density at radius 3 is 2.60 bits per heavy atom. The number of hydrogen-bond acceptors (Lipinski definition) is 5. The van der Waals surface area contributed by atoms with E-state index in [9.17, 15) is 4.79 Å². The molecule has 0 unspecified atom stereocenters. The third-order valence-electron chi connectivity index (χ3n) is 3.93. The van der Waals surface area contributed by atoms with Crippen molar-refractivity contribution in [2.75, 3.05) is 14.2 Å². The number of ketones is 1. The van der Waals surface area contributed by atoms with E-state index in [4.69, 9.17) is 14.2 Å². The second-order valence-corrected chi connectivity index (χ2v) is 6.22. The van der Waals surface area contributed by atoms with E-state index in [0.717, 1.165) is 5.56 Å². The number of rotatable bonds is 4. The molecule has 5 nitrogen and oxygen atoms in total. The van der Waals surface area contributed by atoms with Gasteiger partial charge in [-0.1, -0.05) is 12.1 Å². The molecule has 5 heteroatoms. The highest BCUT2D eigenvalue weighted by Crippen LogP contribution is 2.36. The molecular weight excluding hydrogens is 318 g/mol. The molecule has 0 aliphatic carbocycles. The average molecular weight is 339 g/mol. The Hall–Kier alpha value is -2.95. The predicted octanol–water partition coefficient (Wildman–Crippen LogP) is 3.65. The van der Waals surface area contributed by atoms with Crippen molar-refractivity contribution >= 4 is 11.5 Å². The highest BCUT2D eigenvalue weighted by atomic mass is 16.5. The fourth-order valence-corrected chi connectivity index (χ4v) is 2.80. The quantitative estimate of drug-likeness (QED) is 0.681. The van der Waals surface area contributed by atoms with E-state index in [2.05, 4.69) is 5.32 Å². The molecule has 0 amide bonds. The summed E-state index contributed by atoms with van der Waals surface area (Å²) in [7, 11) is 3.15. The summed E-state index contributed by atoms with van der Waals surface area (Å²) >= 11 is 0. The monoisotopic (exact) mass is 339 g/mol. The molecule has 0 saturated carbocycles. The van der Waals surface area contributed by atoms with Gasteiger partial charge in [0, 0.05) is 11.6 Å². The molecule has 1 heterocycles. The standard InChI is InChI=1S/C20H21NO4/c1-20(2)21-16(15-11-13(23-3)9-10-19(15)25-20)12-17(22)14-7-5-6-8-18(14)24-4/h5-12,21H,1-4H3/b16-12-. The Balaban J connectivity index is 2.06. The molecule has 0 fully saturated rings. The zero-order valence-electron chi connectivity index (χ0n) is 14.8. The maximum atomic E-state index is 12.8. The summed E-state index contributed by atoms with van der Waals surface area (Å²) in [5, 5.41) is 3.26. The topological polar surface area (TPSA) is 56.8 Å². The molecule has 25 heavy (non-hydrogen) atoms. The van der Waals surface area contributed by atoms with Crippen LogP contribution < -0.4 is 19.5 Å². The van der Waals surface area contributed by atoms with Crippen molar-refractivity contribution < 1.29 is 19.0 Å². The van der Waals surface area contributed by atoms with Crippen LogP contribution in [-0.2, 0) is 0 Å². The van der Waals surface area contributed by atoms with Gasteiger partial charge in [0.25, 0.3) is 0 Å². The number of carbonyl (C=O) groups excluding carboxylic acids is 1. The number of hydrogen-bond donors (Lipinski definition) is 1. The molecule has 0 aromatic heterocycles. The van der Waals surface area contributed by atoms with Crippen LogP contribution in [0, 0.1) is 0 Å². The van der Waals surface area contributed by atoms with Crippen LogP contribution in [0.5, 0.6) is 17.2 Å². The van der Waals surface area contributed by atoms with Crippen LogP contribution in [0.3, 0.4) is 0 Å². The van der Waals surface area contributed by atoms with Gasteiger partial charge in [0.2, 0.25) is 0 Å². The molecule has 1 aliphatic heterocycles. The van der Waals surface area contributed by atoms with Crippen LogP contribution in [0.2, 0.25) is 0 Å². The van der Waals surface area contributed by atoms with Crippen molar-refractivity contribution in [3.05, 3.63) is 59.7 Å². The molecule has 0 atom stereocenters. The fourth-order valence-electron chi connectivity index (χ4n) is 2.80. The first-order valence-electron chi connectivity index (χ1n) is 7.98. The van der Waals surface area contributed by atoms with Crippen LogP contribution >= 0.6 is 0 Å². The number of methoxy groups -OCH3 is 2. The summed E-state index contributed by atoms with van der Waals surface area (Å²) in [5.74, 6) is 1.79. The lowest BCUT2D eigenvalue weighted by atomic mass is 10.0. The molecular formula is C20H21NO4. The molecule has 3 rings (SSSR count). The van der Waals surface area contributed by atoms with Gasteiger partial charge in [-0.25, -0.2) is 0 Å². The van der Waals surface area contributed by atoms with Crippen molar-refractivity contribution in [2.24, 2.45) is 0 Å². The third-order valence-corrected chi connectivity index (χ3v) is 3.93. The van der Waals surface area contributed by atoms with Crippen molar-refractivity contribution in [3.63, 3.8) is 0 Å². The van der Waals surface area contributed by atoms with E-state index >= 15 is 0 Å². The minimum atomic E-state index is -0.630. The summed E-state index contributed by atoms with van der Waals surface area (Å²) in [6, 6.07) is 12.7. The minimum absolute atomic E-state index is 0.147. The van der Waals surface area contributed by atoms with Gasteiger partial charge in [-0.3, -0.25) is 4.79 Å². The van der Waals surface area contributed by atoms with E-state index in [1.165, 1.54) is 0 Å². The Labute approximate surface area is 147 Å². The first-order valence-corrected chi connectivity index (χ1v) is 7.98. The van der Waals surface area contributed by atoms with Gasteiger partial charge in [0.15, 0.2) is 11.5 Å². The number of nitrogens with one attached hydrogen (secondary N) is 1. The highest BCUT2D eigenvalue weighted by molar-refractivity contribution is 6.10. The molecule has 2 aromatic rings. The Bertz CT molecular complexity index is 839. The van der Waals surface area contributed by atoms with Crippen molar-refractivity contribution in [3.8, 4) is 17.2 Å². The Morgan fingerprint density at radius 2 is 1.88 bits per heavy atom.